The predicted octanol–water partition coefficient (Wildman–Crippen LogP) is 2.98. The first-order chi connectivity index (χ1) is 8.70. The number of rotatable bonds is 1. The Balaban J connectivity index is 2.24. The second-order valence-electron chi connectivity index (χ2n) is 4.26. The molecule has 0 fully saturated rings. The zero-order valence-corrected chi connectivity index (χ0v) is 10.5. The Labute approximate surface area is 111 Å². The average molecular weight is 256 g/mol. The van der Waals surface area contributed by atoms with Gasteiger partial charge in [-0.1, -0.05) is 61.3 Å². The quantitative estimate of drug-likeness (QED) is 0.757. The largest absolute Gasteiger partial charge is 0.351 e. The lowest BCUT2D eigenvalue weighted by Crippen LogP contribution is -2.31. The first-order valence-corrected chi connectivity index (χ1v) is 6.06. The molecule has 1 aliphatic rings. The maximum absolute atomic E-state index is 11.4. The number of nitrogens with zero attached hydrogens (tertiary/aromatic N) is 1. The molecule has 0 bridgehead atoms. The number of hydrogen-bond donors (Lipinski definition) is 2. The third-order valence-corrected chi connectivity index (χ3v) is 3.70. The number of hydrogen-bond acceptors (Lipinski definition) is 2. The third kappa shape index (κ3) is 1.49. The Bertz CT molecular complexity index is 581. The van der Waals surface area contributed by atoms with Crippen molar-refractivity contribution in [3.8, 4) is 11.1 Å². The van der Waals surface area contributed by atoms with Gasteiger partial charge in [0.1, 0.15) is 0 Å². The summed E-state index contributed by atoms with van der Waals surface area (Å²) in [6.45, 7) is 0. The van der Waals surface area contributed by atoms with Crippen LogP contribution in [0.25, 0.3) is 11.1 Å². The van der Waals surface area contributed by atoms with Crippen LogP contribution in [0.2, 0.25) is 0 Å². The van der Waals surface area contributed by atoms with Gasteiger partial charge in [0.2, 0.25) is 0 Å². The molecule has 0 radical (unpaired) electrons. The first kappa shape index (κ1) is 11.2. The highest BCUT2D eigenvalue weighted by atomic mass is 32.1. The third-order valence-electron chi connectivity index (χ3n) is 3.27. The van der Waals surface area contributed by atoms with E-state index in [-0.39, 0.29) is 6.04 Å². The lowest BCUT2D eigenvalue weighted by atomic mass is 10.1. The second kappa shape index (κ2) is 4.07. The summed E-state index contributed by atoms with van der Waals surface area (Å²) in [4.78, 5) is 11.4. The van der Waals surface area contributed by atoms with Gasteiger partial charge in [-0.25, -0.2) is 4.79 Å². The Morgan fingerprint density at radius 1 is 1.00 bits per heavy atom. The number of amides is 2. The predicted molar refractivity (Wildman–Crippen MR) is 74.1 cm³/mol. The zero-order chi connectivity index (χ0) is 12.7. The smallest absolute Gasteiger partial charge is 0.325 e. The fraction of sp³-hybridized carbons (Fsp3) is 0.0714. The van der Waals surface area contributed by atoms with Gasteiger partial charge in [0.25, 0.3) is 0 Å². The summed E-state index contributed by atoms with van der Waals surface area (Å²) >= 11 is 4.23. The minimum atomic E-state index is -0.546. The molecule has 0 spiro atoms. The summed E-state index contributed by atoms with van der Waals surface area (Å²) < 4.78 is 1.28. The molecule has 3 rings (SSSR count). The Hall–Kier alpha value is -1.94. The van der Waals surface area contributed by atoms with Gasteiger partial charge >= 0.3 is 6.03 Å². The minimum absolute atomic E-state index is 0.210. The van der Waals surface area contributed by atoms with E-state index in [4.69, 9.17) is 5.73 Å². The Morgan fingerprint density at radius 3 is 1.89 bits per heavy atom. The van der Waals surface area contributed by atoms with Crippen molar-refractivity contribution in [2.75, 3.05) is 0 Å². The number of carbonyl (C=O) groups is 1. The van der Waals surface area contributed by atoms with Crippen LogP contribution in [0.4, 0.5) is 4.79 Å². The fourth-order valence-electron chi connectivity index (χ4n) is 2.52. The summed E-state index contributed by atoms with van der Waals surface area (Å²) in [5, 5.41) is 0. The van der Waals surface area contributed by atoms with Gasteiger partial charge < -0.3 is 5.73 Å². The van der Waals surface area contributed by atoms with Crippen LogP contribution < -0.4 is 5.73 Å². The SMILES string of the molecule is NC(=O)N(S)C1c2ccccc2-c2ccccc21. The van der Waals surface area contributed by atoms with E-state index in [1.54, 1.807) is 0 Å². The molecule has 0 aromatic heterocycles. The van der Waals surface area contributed by atoms with Gasteiger partial charge in [0.15, 0.2) is 0 Å². The van der Waals surface area contributed by atoms with E-state index in [2.05, 4.69) is 24.9 Å². The van der Waals surface area contributed by atoms with Crippen LogP contribution in [0.3, 0.4) is 0 Å². The van der Waals surface area contributed by atoms with Gasteiger partial charge in [0, 0.05) is 0 Å². The van der Waals surface area contributed by atoms with Crippen LogP contribution in [0.5, 0.6) is 0 Å². The molecule has 0 aliphatic heterocycles. The van der Waals surface area contributed by atoms with Gasteiger partial charge in [0.05, 0.1) is 6.04 Å². The van der Waals surface area contributed by atoms with E-state index in [1.165, 1.54) is 4.31 Å². The molecule has 2 aromatic rings. The van der Waals surface area contributed by atoms with Crippen LogP contribution in [-0.2, 0) is 0 Å². The van der Waals surface area contributed by atoms with Crippen molar-refractivity contribution < 1.29 is 4.79 Å². The molecule has 1 aliphatic carbocycles. The molecule has 4 heteroatoms. The Morgan fingerprint density at radius 2 is 1.44 bits per heavy atom. The number of benzene rings is 2. The summed E-state index contributed by atoms with van der Waals surface area (Å²) in [6, 6.07) is 15.3. The van der Waals surface area contributed by atoms with E-state index in [0.29, 0.717) is 0 Å². The zero-order valence-electron chi connectivity index (χ0n) is 9.58. The maximum atomic E-state index is 11.4. The summed E-state index contributed by atoms with van der Waals surface area (Å²) in [5.41, 5.74) is 9.74. The summed E-state index contributed by atoms with van der Waals surface area (Å²) in [7, 11) is 0. The van der Waals surface area contributed by atoms with E-state index in [1.807, 2.05) is 36.4 Å². The number of primary amides is 1. The normalized spacial score (nSPS) is 12.9. The van der Waals surface area contributed by atoms with Crippen LogP contribution in [0, 0.1) is 0 Å². The highest BCUT2D eigenvalue weighted by Gasteiger charge is 2.32. The molecule has 0 saturated carbocycles. The monoisotopic (exact) mass is 256 g/mol. The first-order valence-electron chi connectivity index (χ1n) is 5.66. The van der Waals surface area contributed by atoms with Gasteiger partial charge in [-0.15, -0.1) is 0 Å². The minimum Gasteiger partial charge on any atom is -0.351 e. The van der Waals surface area contributed by atoms with E-state index < -0.39 is 6.03 Å². The van der Waals surface area contributed by atoms with Gasteiger partial charge in [-0.2, -0.15) is 0 Å². The molecular weight excluding hydrogens is 244 g/mol. The van der Waals surface area contributed by atoms with Crippen LogP contribution in [0.15, 0.2) is 48.5 Å². The lowest BCUT2D eigenvalue weighted by molar-refractivity contribution is 0.230. The van der Waals surface area contributed by atoms with E-state index in [0.717, 1.165) is 22.3 Å². The van der Waals surface area contributed by atoms with Crippen molar-refractivity contribution in [3.63, 3.8) is 0 Å². The number of nitrogens with two attached hydrogens (primary N) is 1. The highest BCUT2D eigenvalue weighted by Crippen LogP contribution is 2.46. The van der Waals surface area contributed by atoms with Gasteiger partial charge in [-0.05, 0) is 22.3 Å². The van der Waals surface area contributed by atoms with Crippen molar-refractivity contribution in [3.05, 3.63) is 59.7 Å². The summed E-state index contributed by atoms with van der Waals surface area (Å²) in [6.07, 6.45) is 0. The standard InChI is InChI=1S/C14H12N2OS/c15-14(17)16(18)13-11-7-3-1-5-9(11)10-6-2-4-8-12(10)13/h1-8,13,18H,(H2,15,17). The molecular formula is C14H12N2OS. The molecule has 2 N–H and O–H groups in total. The molecule has 0 heterocycles. The van der Waals surface area contributed by atoms with E-state index in [9.17, 15) is 4.79 Å². The van der Waals surface area contributed by atoms with Crippen LogP contribution in [0.1, 0.15) is 17.2 Å². The van der Waals surface area contributed by atoms with Crippen molar-refractivity contribution in [1.82, 2.24) is 4.31 Å². The second-order valence-corrected chi connectivity index (χ2v) is 4.69. The highest BCUT2D eigenvalue weighted by molar-refractivity contribution is 7.78. The van der Waals surface area contributed by atoms with Crippen molar-refractivity contribution in [2.45, 2.75) is 6.04 Å². The Kier molecular flexibility index (Phi) is 2.52. The lowest BCUT2D eigenvalue weighted by Gasteiger charge is -2.22. The fourth-order valence-corrected chi connectivity index (χ4v) is 2.77. The number of carbonyl (C=O) groups excluding carboxylic acids is 1. The van der Waals surface area contributed by atoms with Crippen molar-refractivity contribution in [1.29, 1.82) is 0 Å². The molecule has 0 atom stereocenters. The van der Waals surface area contributed by atoms with Crippen molar-refractivity contribution >= 4 is 18.8 Å². The van der Waals surface area contributed by atoms with Crippen LogP contribution >= 0.6 is 12.8 Å². The molecule has 90 valence electrons. The molecule has 3 nitrogen and oxygen atoms in total. The van der Waals surface area contributed by atoms with Gasteiger partial charge in [-0.3, -0.25) is 4.31 Å². The molecule has 18 heavy (non-hydrogen) atoms. The number of urea groups is 1. The molecule has 0 saturated heterocycles. The maximum Gasteiger partial charge on any atom is 0.325 e. The number of thiol groups is 1. The molecule has 0 unspecified atom stereocenters. The van der Waals surface area contributed by atoms with E-state index >= 15 is 0 Å². The summed E-state index contributed by atoms with van der Waals surface area (Å²) in [5.74, 6) is 0. The molecule has 2 amide bonds. The van der Waals surface area contributed by atoms with Crippen LogP contribution in [-0.4, -0.2) is 10.3 Å². The topological polar surface area (TPSA) is 46.3 Å². The van der Waals surface area contributed by atoms with Crippen molar-refractivity contribution in [2.24, 2.45) is 5.73 Å². The molecule has 2 aromatic carbocycles. The number of fused-ring (bicyclic) bond motifs is 3. The average Bonchev–Trinajstić information content (AvgIpc) is 2.72.